The van der Waals surface area contributed by atoms with Crippen LogP contribution in [0.4, 0.5) is 0 Å². The average molecular weight is 368 g/mol. The molecule has 1 aliphatic rings. The van der Waals surface area contributed by atoms with E-state index < -0.39 is 24.0 Å². The SMILES string of the molecule is COC(=O)C(OC(=O)c1cncn1[C@H](C)c1ccccc1)C1C=COC=C1. The maximum atomic E-state index is 12.8. The van der Waals surface area contributed by atoms with Crippen molar-refractivity contribution in [3.05, 3.63) is 78.8 Å². The lowest BCUT2D eigenvalue weighted by atomic mass is 10.0. The summed E-state index contributed by atoms with van der Waals surface area (Å²) in [4.78, 5) is 29.0. The first-order valence-corrected chi connectivity index (χ1v) is 8.46. The number of hydrogen-bond acceptors (Lipinski definition) is 6. The number of carbonyl (C=O) groups excluding carboxylic acids is 2. The summed E-state index contributed by atoms with van der Waals surface area (Å²) in [7, 11) is 1.25. The molecule has 1 aromatic carbocycles. The molecule has 0 N–H and O–H groups in total. The van der Waals surface area contributed by atoms with Crippen molar-refractivity contribution in [2.45, 2.75) is 19.1 Å². The topological polar surface area (TPSA) is 79.7 Å². The van der Waals surface area contributed by atoms with Crippen LogP contribution in [0.1, 0.15) is 29.0 Å². The first-order chi connectivity index (χ1) is 13.1. The molecule has 140 valence electrons. The Hall–Kier alpha value is -3.35. The van der Waals surface area contributed by atoms with Gasteiger partial charge in [0.05, 0.1) is 38.2 Å². The smallest absolute Gasteiger partial charge is 0.357 e. The lowest BCUT2D eigenvalue weighted by Crippen LogP contribution is -2.35. The molecule has 7 heteroatoms. The molecule has 1 aliphatic heterocycles. The highest BCUT2D eigenvalue weighted by atomic mass is 16.6. The highest BCUT2D eigenvalue weighted by Gasteiger charge is 2.32. The standard InChI is InChI=1S/C20H20N2O5/c1-14(15-6-4-3-5-7-15)22-13-21-12-17(22)19(23)27-18(20(24)25-2)16-8-10-26-11-9-16/h3-14,16,18H,1-2H3/t14-,18?/m1/s1. The molecule has 0 aliphatic carbocycles. The van der Waals surface area contributed by atoms with Gasteiger partial charge in [-0.3, -0.25) is 0 Å². The summed E-state index contributed by atoms with van der Waals surface area (Å²) in [5, 5.41) is 0. The molecule has 2 atom stereocenters. The molecule has 3 rings (SSSR count). The Morgan fingerprint density at radius 3 is 2.56 bits per heavy atom. The van der Waals surface area contributed by atoms with Crippen molar-refractivity contribution >= 4 is 11.9 Å². The third-order valence-corrected chi connectivity index (χ3v) is 4.35. The Balaban J connectivity index is 1.82. The molecule has 2 aromatic rings. The number of imidazole rings is 1. The Morgan fingerprint density at radius 2 is 1.89 bits per heavy atom. The molecule has 0 spiro atoms. The number of esters is 2. The van der Waals surface area contributed by atoms with Crippen LogP contribution in [0.25, 0.3) is 0 Å². The molecular formula is C20H20N2O5. The largest absolute Gasteiger partial charge is 0.473 e. The molecule has 0 saturated carbocycles. The van der Waals surface area contributed by atoms with Gasteiger partial charge in [0.15, 0.2) is 0 Å². The minimum atomic E-state index is -1.12. The van der Waals surface area contributed by atoms with Crippen LogP contribution in [0.2, 0.25) is 0 Å². The van der Waals surface area contributed by atoms with Crippen LogP contribution in [0, 0.1) is 5.92 Å². The van der Waals surface area contributed by atoms with Crippen LogP contribution in [-0.2, 0) is 19.0 Å². The van der Waals surface area contributed by atoms with Crippen LogP contribution in [0.5, 0.6) is 0 Å². The van der Waals surface area contributed by atoms with E-state index in [9.17, 15) is 9.59 Å². The second-order valence-electron chi connectivity index (χ2n) is 5.99. The van der Waals surface area contributed by atoms with E-state index in [-0.39, 0.29) is 11.7 Å². The van der Waals surface area contributed by atoms with Crippen LogP contribution in [0.15, 0.2) is 67.5 Å². The molecule has 0 fully saturated rings. The Bertz CT molecular complexity index is 844. The highest BCUT2D eigenvalue weighted by molar-refractivity contribution is 5.90. The Morgan fingerprint density at radius 1 is 1.19 bits per heavy atom. The Kier molecular flexibility index (Phi) is 5.71. The molecule has 7 nitrogen and oxygen atoms in total. The summed E-state index contributed by atoms with van der Waals surface area (Å²) < 4.78 is 16.9. The van der Waals surface area contributed by atoms with Crippen molar-refractivity contribution in [1.29, 1.82) is 0 Å². The fourth-order valence-corrected chi connectivity index (χ4v) is 2.82. The highest BCUT2D eigenvalue weighted by Crippen LogP contribution is 2.22. The van der Waals surface area contributed by atoms with E-state index >= 15 is 0 Å². The van der Waals surface area contributed by atoms with E-state index in [0.717, 1.165) is 5.56 Å². The molecule has 27 heavy (non-hydrogen) atoms. The average Bonchev–Trinajstić information content (AvgIpc) is 3.22. The third-order valence-electron chi connectivity index (χ3n) is 4.35. The number of hydrogen-bond donors (Lipinski definition) is 0. The van der Waals surface area contributed by atoms with Gasteiger partial charge >= 0.3 is 11.9 Å². The number of benzene rings is 1. The van der Waals surface area contributed by atoms with Gasteiger partial charge in [-0.1, -0.05) is 30.3 Å². The minimum Gasteiger partial charge on any atom is -0.473 e. The van der Waals surface area contributed by atoms with Crippen molar-refractivity contribution in [3.63, 3.8) is 0 Å². The van der Waals surface area contributed by atoms with Gasteiger partial charge in [0.2, 0.25) is 6.10 Å². The van der Waals surface area contributed by atoms with E-state index in [1.165, 1.54) is 25.8 Å². The van der Waals surface area contributed by atoms with Crippen molar-refractivity contribution in [2.75, 3.05) is 7.11 Å². The minimum absolute atomic E-state index is 0.129. The summed E-state index contributed by atoms with van der Waals surface area (Å²) in [6.07, 6.45) is 7.97. The number of aromatic nitrogens is 2. The molecule has 0 amide bonds. The normalized spacial score (nSPS) is 15.6. The molecule has 2 heterocycles. The maximum Gasteiger partial charge on any atom is 0.357 e. The van der Waals surface area contributed by atoms with Crippen LogP contribution in [-0.4, -0.2) is 34.7 Å². The zero-order valence-electron chi connectivity index (χ0n) is 15.0. The molecule has 0 bridgehead atoms. The fourth-order valence-electron chi connectivity index (χ4n) is 2.82. The van der Waals surface area contributed by atoms with Crippen LogP contribution in [0.3, 0.4) is 0 Å². The monoisotopic (exact) mass is 368 g/mol. The summed E-state index contributed by atoms with van der Waals surface area (Å²) in [6, 6.07) is 9.59. The Labute approximate surface area is 156 Å². The second-order valence-corrected chi connectivity index (χ2v) is 5.99. The van der Waals surface area contributed by atoms with Gasteiger partial charge in [0.1, 0.15) is 5.69 Å². The number of ether oxygens (including phenoxy) is 3. The van der Waals surface area contributed by atoms with Crippen LogP contribution < -0.4 is 0 Å². The summed E-state index contributed by atoms with van der Waals surface area (Å²) in [6.45, 7) is 1.95. The molecule has 0 radical (unpaired) electrons. The molecule has 1 aromatic heterocycles. The van der Waals surface area contributed by atoms with E-state index in [2.05, 4.69) is 4.98 Å². The first kappa shape index (κ1) is 18.4. The number of carbonyl (C=O) groups is 2. The predicted octanol–water partition coefficient (Wildman–Crippen LogP) is 2.86. The van der Waals surface area contributed by atoms with Gasteiger partial charge in [0.25, 0.3) is 0 Å². The van der Waals surface area contributed by atoms with Crippen LogP contribution >= 0.6 is 0 Å². The summed E-state index contributed by atoms with van der Waals surface area (Å²) >= 11 is 0. The predicted molar refractivity (Wildman–Crippen MR) is 96.6 cm³/mol. The van der Waals surface area contributed by atoms with Gasteiger partial charge in [-0.05, 0) is 24.6 Å². The van der Waals surface area contributed by atoms with E-state index in [4.69, 9.17) is 14.2 Å². The van der Waals surface area contributed by atoms with Gasteiger partial charge in [-0.2, -0.15) is 0 Å². The number of nitrogens with zero attached hydrogens (tertiary/aromatic N) is 2. The number of rotatable bonds is 6. The van der Waals surface area contributed by atoms with Gasteiger partial charge in [-0.25, -0.2) is 14.6 Å². The van der Waals surface area contributed by atoms with Crippen molar-refractivity contribution < 1.29 is 23.8 Å². The third kappa shape index (κ3) is 4.08. The second kappa shape index (κ2) is 8.35. The fraction of sp³-hybridized carbons (Fsp3) is 0.250. The van der Waals surface area contributed by atoms with Crippen molar-refractivity contribution in [2.24, 2.45) is 5.92 Å². The molecule has 0 saturated heterocycles. The zero-order chi connectivity index (χ0) is 19.2. The lowest BCUT2D eigenvalue weighted by molar-refractivity contribution is -0.152. The summed E-state index contributed by atoms with van der Waals surface area (Å²) in [5.41, 5.74) is 1.27. The quantitative estimate of drug-likeness (QED) is 0.730. The van der Waals surface area contributed by atoms with Gasteiger partial charge < -0.3 is 18.8 Å². The van der Waals surface area contributed by atoms with Crippen molar-refractivity contribution in [3.8, 4) is 0 Å². The van der Waals surface area contributed by atoms with Crippen molar-refractivity contribution in [1.82, 2.24) is 9.55 Å². The summed E-state index contributed by atoms with van der Waals surface area (Å²) in [5.74, 6) is -1.77. The van der Waals surface area contributed by atoms with Gasteiger partial charge in [0, 0.05) is 5.92 Å². The van der Waals surface area contributed by atoms with E-state index in [1.807, 2.05) is 37.3 Å². The van der Waals surface area contributed by atoms with Gasteiger partial charge in [-0.15, -0.1) is 0 Å². The van der Waals surface area contributed by atoms with E-state index in [1.54, 1.807) is 23.0 Å². The zero-order valence-corrected chi connectivity index (χ0v) is 15.0. The van der Waals surface area contributed by atoms with E-state index in [0.29, 0.717) is 0 Å². The first-order valence-electron chi connectivity index (χ1n) is 8.46. The molecular weight excluding hydrogens is 348 g/mol. The maximum absolute atomic E-state index is 12.8. The number of methoxy groups -OCH3 is 1. The molecule has 1 unspecified atom stereocenters. The lowest BCUT2D eigenvalue weighted by Gasteiger charge is -2.22.